The van der Waals surface area contributed by atoms with Crippen LogP contribution in [0.15, 0.2) is 59.1 Å². The molecular formula is C23H25N3O3. The molecule has 1 aliphatic rings. The Kier molecular flexibility index (Phi) is 5.89. The molecule has 1 aromatic heterocycles. The zero-order valence-corrected chi connectivity index (χ0v) is 16.6. The minimum atomic E-state index is -0.126. The standard InChI is InChI=1S/C23H25N3O3/c1-28-19-14-12-18(13-15-19)22-24-23(29-25-22)20-10-6-16-26(20)21(27)11-5-9-17-7-3-2-4-8-17/h2-4,7-8,12-15,20H,5-6,9-11,16H2,1H3/t20-/m1/s1. The van der Waals surface area contributed by atoms with Gasteiger partial charge in [-0.25, -0.2) is 0 Å². The van der Waals surface area contributed by atoms with E-state index < -0.39 is 0 Å². The number of likely N-dealkylation sites (tertiary alicyclic amines) is 1. The number of benzene rings is 2. The topological polar surface area (TPSA) is 68.5 Å². The van der Waals surface area contributed by atoms with E-state index in [0.717, 1.165) is 43.5 Å². The van der Waals surface area contributed by atoms with Gasteiger partial charge in [-0.15, -0.1) is 0 Å². The van der Waals surface area contributed by atoms with Gasteiger partial charge in [0.1, 0.15) is 11.8 Å². The number of carbonyl (C=O) groups is 1. The van der Waals surface area contributed by atoms with Crippen molar-refractivity contribution in [3.8, 4) is 17.1 Å². The Morgan fingerprint density at radius 3 is 2.72 bits per heavy atom. The molecule has 29 heavy (non-hydrogen) atoms. The summed E-state index contributed by atoms with van der Waals surface area (Å²) >= 11 is 0. The quantitative estimate of drug-likeness (QED) is 0.596. The van der Waals surface area contributed by atoms with E-state index in [9.17, 15) is 4.79 Å². The highest BCUT2D eigenvalue weighted by Gasteiger charge is 2.33. The molecule has 6 heteroatoms. The summed E-state index contributed by atoms with van der Waals surface area (Å²) < 4.78 is 10.7. The van der Waals surface area contributed by atoms with Crippen molar-refractivity contribution in [3.05, 3.63) is 66.1 Å². The van der Waals surface area contributed by atoms with Crippen LogP contribution in [0.2, 0.25) is 0 Å². The third-order valence-corrected chi connectivity index (χ3v) is 5.35. The lowest BCUT2D eigenvalue weighted by atomic mass is 10.1. The summed E-state index contributed by atoms with van der Waals surface area (Å²) in [6.45, 7) is 0.745. The minimum absolute atomic E-state index is 0.126. The average Bonchev–Trinajstić information content (AvgIpc) is 3.44. The van der Waals surface area contributed by atoms with Crippen molar-refractivity contribution in [1.29, 1.82) is 0 Å². The molecule has 2 aromatic carbocycles. The van der Waals surface area contributed by atoms with Crippen LogP contribution in [0.25, 0.3) is 11.4 Å². The van der Waals surface area contributed by atoms with E-state index in [4.69, 9.17) is 9.26 Å². The van der Waals surface area contributed by atoms with Gasteiger partial charge in [-0.1, -0.05) is 35.5 Å². The SMILES string of the molecule is COc1ccc(-c2noc([C@H]3CCCN3C(=O)CCCc3ccccc3)n2)cc1. The molecule has 6 nitrogen and oxygen atoms in total. The third-order valence-electron chi connectivity index (χ3n) is 5.35. The van der Waals surface area contributed by atoms with E-state index in [1.165, 1.54) is 5.56 Å². The summed E-state index contributed by atoms with van der Waals surface area (Å²) in [4.78, 5) is 19.3. The van der Waals surface area contributed by atoms with E-state index >= 15 is 0 Å². The lowest BCUT2D eigenvalue weighted by Gasteiger charge is -2.21. The summed E-state index contributed by atoms with van der Waals surface area (Å²) in [5.41, 5.74) is 2.12. The van der Waals surface area contributed by atoms with Gasteiger partial charge < -0.3 is 14.2 Å². The first-order chi connectivity index (χ1) is 14.2. The molecule has 1 saturated heterocycles. The maximum absolute atomic E-state index is 12.8. The van der Waals surface area contributed by atoms with E-state index in [2.05, 4.69) is 22.3 Å². The molecule has 1 atom stereocenters. The Morgan fingerprint density at radius 2 is 1.97 bits per heavy atom. The Balaban J connectivity index is 1.39. The molecule has 4 rings (SSSR count). The molecule has 0 aliphatic carbocycles. The lowest BCUT2D eigenvalue weighted by Crippen LogP contribution is -2.30. The van der Waals surface area contributed by atoms with Crippen LogP contribution in [0.3, 0.4) is 0 Å². The number of hydrogen-bond acceptors (Lipinski definition) is 5. The van der Waals surface area contributed by atoms with Crippen LogP contribution in [0.1, 0.15) is 43.2 Å². The fourth-order valence-corrected chi connectivity index (χ4v) is 3.78. The van der Waals surface area contributed by atoms with Crippen molar-refractivity contribution in [2.45, 2.75) is 38.1 Å². The first-order valence-corrected chi connectivity index (χ1v) is 10.1. The maximum atomic E-state index is 12.8. The first kappa shape index (κ1) is 19.2. The van der Waals surface area contributed by atoms with Gasteiger partial charge in [0.05, 0.1) is 7.11 Å². The normalized spacial score (nSPS) is 16.2. The molecule has 2 heterocycles. The number of carbonyl (C=O) groups excluding carboxylic acids is 1. The van der Waals surface area contributed by atoms with E-state index in [1.807, 2.05) is 47.4 Å². The number of rotatable bonds is 7. The van der Waals surface area contributed by atoms with Gasteiger partial charge in [-0.3, -0.25) is 4.79 Å². The first-order valence-electron chi connectivity index (χ1n) is 10.1. The molecule has 0 saturated carbocycles. The molecule has 1 fully saturated rings. The van der Waals surface area contributed by atoms with E-state index in [0.29, 0.717) is 18.1 Å². The summed E-state index contributed by atoms with van der Waals surface area (Å²) in [7, 11) is 1.63. The second-order valence-electron chi connectivity index (χ2n) is 7.27. The number of methoxy groups -OCH3 is 1. The molecule has 0 spiro atoms. The Hall–Kier alpha value is -3.15. The molecule has 150 valence electrons. The van der Waals surface area contributed by atoms with Crippen LogP contribution in [0.5, 0.6) is 5.75 Å². The van der Waals surface area contributed by atoms with Gasteiger partial charge in [0.2, 0.25) is 17.6 Å². The van der Waals surface area contributed by atoms with Gasteiger partial charge in [-0.05, 0) is 55.5 Å². The van der Waals surface area contributed by atoms with Crippen LogP contribution in [-0.2, 0) is 11.2 Å². The Morgan fingerprint density at radius 1 is 1.17 bits per heavy atom. The number of ether oxygens (including phenoxy) is 1. The zero-order valence-electron chi connectivity index (χ0n) is 16.6. The fourth-order valence-electron chi connectivity index (χ4n) is 3.78. The van der Waals surface area contributed by atoms with Gasteiger partial charge in [0.15, 0.2) is 0 Å². The van der Waals surface area contributed by atoms with Gasteiger partial charge in [0, 0.05) is 18.5 Å². The number of aryl methyl sites for hydroxylation is 1. The summed E-state index contributed by atoms with van der Waals surface area (Å²) in [6.07, 6.45) is 4.09. The van der Waals surface area contributed by atoms with Gasteiger partial charge >= 0.3 is 0 Å². The van der Waals surface area contributed by atoms with Crippen LogP contribution in [0, 0.1) is 0 Å². The molecule has 0 unspecified atom stereocenters. The highest BCUT2D eigenvalue weighted by molar-refractivity contribution is 5.77. The summed E-state index contributed by atoms with van der Waals surface area (Å²) in [6, 6.07) is 17.7. The molecule has 0 N–H and O–H groups in total. The molecule has 3 aromatic rings. The predicted octanol–water partition coefficient (Wildman–Crippen LogP) is 4.43. The number of aromatic nitrogens is 2. The summed E-state index contributed by atoms with van der Waals surface area (Å²) in [5, 5.41) is 4.12. The second-order valence-corrected chi connectivity index (χ2v) is 7.27. The largest absolute Gasteiger partial charge is 0.497 e. The average molecular weight is 391 g/mol. The second kappa shape index (κ2) is 8.90. The molecule has 1 amide bonds. The lowest BCUT2D eigenvalue weighted by molar-refractivity contribution is -0.132. The third kappa shape index (κ3) is 4.47. The number of hydrogen-bond donors (Lipinski definition) is 0. The number of nitrogens with zero attached hydrogens (tertiary/aromatic N) is 3. The smallest absolute Gasteiger partial charge is 0.249 e. The highest BCUT2D eigenvalue weighted by Crippen LogP contribution is 2.33. The highest BCUT2D eigenvalue weighted by atomic mass is 16.5. The Bertz CT molecular complexity index is 938. The minimum Gasteiger partial charge on any atom is -0.497 e. The van der Waals surface area contributed by atoms with Crippen molar-refractivity contribution < 1.29 is 14.1 Å². The van der Waals surface area contributed by atoms with Crippen molar-refractivity contribution in [2.24, 2.45) is 0 Å². The van der Waals surface area contributed by atoms with Crippen molar-refractivity contribution in [1.82, 2.24) is 15.0 Å². The maximum Gasteiger partial charge on any atom is 0.249 e. The van der Waals surface area contributed by atoms with E-state index in [-0.39, 0.29) is 11.9 Å². The van der Waals surface area contributed by atoms with Crippen LogP contribution < -0.4 is 4.74 Å². The summed E-state index contributed by atoms with van der Waals surface area (Å²) in [5.74, 6) is 1.99. The van der Waals surface area contributed by atoms with E-state index in [1.54, 1.807) is 7.11 Å². The monoisotopic (exact) mass is 391 g/mol. The van der Waals surface area contributed by atoms with Crippen LogP contribution in [-0.4, -0.2) is 34.6 Å². The van der Waals surface area contributed by atoms with Crippen LogP contribution >= 0.6 is 0 Å². The fraction of sp³-hybridized carbons (Fsp3) is 0.348. The van der Waals surface area contributed by atoms with Gasteiger partial charge in [0.25, 0.3) is 0 Å². The predicted molar refractivity (Wildman–Crippen MR) is 109 cm³/mol. The van der Waals surface area contributed by atoms with Crippen LogP contribution in [0.4, 0.5) is 0 Å². The molecule has 1 aliphatic heterocycles. The molecule has 0 bridgehead atoms. The Labute approximate surface area is 170 Å². The molecular weight excluding hydrogens is 366 g/mol. The van der Waals surface area contributed by atoms with Crippen molar-refractivity contribution >= 4 is 5.91 Å². The van der Waals surface area contributed by atoms with Crippen molar-refractivity contribution in [3.63, 3.8) is 0 Å². The zero-order chi connectivity index (χ0) is 20.1. The van der Waals surface area contributed by atoms with Gasteiger partial charge in [-0.2, -0.15) is 4.98 Å². The number of amides is 1. The van der Waals surface area contributed by atoms with Crippen molar-refractivity contribution in [2.75, 3.05) is 13.7 Å². The molecule has 0 radical (unpaired) electrons.